The first-order chi connectivity index (χ1) is 8.74. The van der Waals surface area contributed by atoms with E-state index in [0.717, 1.165) is 16.9 Å². The van der Waals surface area contributed by atoms with Crippen molar-refractivity contribution in [3.05, 3.63) is 53.8 Å². The number of hydrogen-bond acceptors (Lipinski definition) is 2. The summed E-state index contributed by atoms with van der Waals surface area (Å²) in [5, 5.41) is 8.56. The van der Waals surface area contributed by atoms with Gasteiger partial charge in [0.2, 0.25) is 0 Å². The molecule has 0 aromatic heterocycles. The minimum absolute atomic E-state index is 0.0920. The Morgan fingerprint density at radius 2 is 1.78 bits per heavy atom. The minimum atomic E-state index is -0.343. The van der Waals surface area contributed by atoms with Crippen LogP contribution in [0.15, 0.2) is 42.5 Å². The van der Waals surface area contributed by atoms with Crippen LogP contribution in [-0.2, 0) is 6.42 Å². The molecule has 2 nitrogen and oxygen atoms in total. The molecule has 90 valence electrons. The van der Waals surface area contributed by atoms with Gasteiger partial charge < -0.3 is 4.74 Å². The van der Waals surface area contributed by atoms with E-state index in [1.54, 1.807) is 13.2 Å². The van der Waals surface area contributed by atoms with Gasteiger partial charge in [-0.2, -0.15) is 5.26 Å². The molecule has 0 fully saturated rings. The fourth-order valence-corrected chi connectivity index (χ4v) is 1.74. The van der Waals surface area contributed by atoms with Crippen molar-refractivity contribution in [1.82, 2.24) is 0 Å². The largest absolute Gasteiger partial charge is 0.497 e. The molecule has 0 atom stereocenters. The van der Waals surface area contributed by atoms with E-state index in [-0.39, 0.29) is 12.2 Å². The average Bonchev–Trinajstić information content (AvgIpc) is 2.41. The molecule has 0 saturated carbocycles. The number of halogens is 1. The van der Waals surface area contributed by atoms with Crippen molar-refractivity contribution < 1.29 is 9.13 Å². The first-order valence-corrected chi connectivity index (χ1v) is 5.54. The summed E-state index contributed by atoms with van der Waals surface area (Å²) in [6, 6.07) is 14.3. The number of benzene rings is 2. The van der Waals surface area contributed by atoms with Crippen LogP contribution in [0, 0.1) is 17.1 Å². The summed E-state index contributed by atoms with van der Waals surface area (Å²) in [5.74, 6) is 0.421. The second kappa shape index (κ2) is 5.33. The molecule has 0 aliphatic heterocycles. The molecule has 2 aromatic carbocycles. The quantitative estimate of drug-likeness (QED) is 0.823. The van der Waals surface area contributed by atoms with E-state index in [2.05, 4.69) is 0 Å². The Hall–Kier alpha value is -2.34. The summed E-state index contributed by atoms with van der Waals surface area (Å²) in [6.07, 6.45) is 0.0920. The molecule has 0 heterocycles. The Labute approximate surface area is 105 Å². The fraction of sp³-hybridized carbons (Fsp3) is 0.133. The Balaban J connectivity index is 2.33. The van der Waals surface area contributed by atoms with Gasteiger partial charge in [0.15, 0.2) is 0 Å². The van der Waals surface area contributed by atoms with E-state index in [9.17, 15) is 4.39 Å². The zero-order valence-corrected chi connectivity index (χ0v) is 9.98. The van der Waals surface area contributed by atoms with Crippen molar-refractivity contribution >= 4 is 0 Å². The van der Waals surface area contributed by atoms with Crippen LogP contribution in [-0.4, -0.2) is 7.11 Å². The van der Waals surface area contributed by atoms with Crippen LogP contribution in [0.2, 0.25) is 0 Å². The fourth-order valence-electron chi connectivity index (χ4n) is 1.74. The molecule has 2 aromatic rings. The van der Waals surface area contributed by atoms with E-state index < -0.39 is 0 Å². The van der Waals surface area contributed by atoms with Gasteiger partial charge in [-0.3, -0.25) is 0 Å². The highest BCUT2D eigenvalue weighted by Crippen LogP contribution is 2.24. The van der Waals surface area contributed by atoms with Gasteiger partial charge in [-0.1, -0.05) is 24.3 Å². The third-order valence-electron chi connectivity index (χ3n) is 2.75. The summed E-state index contributed by atoms with van der Waals surface area (Å²) in [5.41, 5.74) is 2.13. The normalized spacial score (nSPS) is 9.83. The number of nitriles is 1. The lowest BCUT2D eigenvalue weighted by atomic mass is 10.0. The molecule has 0 unspecified atom stereocenters. The number of ether oxygens (including phenoxy) is 1. The Bertz CT molecular complexity index is 584. The summed E-state index contributed by atoms with van der Waals surface area (Å²) >= 11 is 0. The molecule has 3 heteroatoms. The molecule has 0 aliphatic carbocycles. The molecule has 2 rings (SSSR count). The lowest BCUT2D eigenvalue weighted by Gasteiger charge is -2.05. The molecule has 0 radical (unpaired) electrons. The standard InChI is InChI=1S/C15H12FNO/c1-18-14-6-4-11(5-7-14)13-3-2-12(8-9-17)15(16)10-13/h2-7,10H,8H2,1H3. The van der Waals surface area contributed by atoms with Crippen LogP contribution >= 0.6 is 0 Å². The predicted molar refractivity (Wildman–Crippen MR) is 67.7 cm³/mol. The molecule has 18 heavy (non-hydrogen) atoms. The maximum atomic E-state index is 13.7. The van der Waals surface area contributed by atoms with Gasteiger partial charge in [-0.25, -0.2) is 4.39 Å². The highest BCUT2D eigenvalue weighted by Gasteiger charge is 2.05. The van der Waals surface area contributed by atoms with Crippen LogP contribution in [0.1, 0.15) is 5.56 Å². The zero-order valence-electron chi connectivity index (χ0n) is 9.98. The Morgan fingerprint density at radius 3 is 2.33 bits per heavy atom. The lowest BCUT2D eigenvalue weighted by Crippen LogP contribution is -1.90. The van der Waals surface area contributed by atoms with Crippen LogP contribution in [0.25, 0.3) is 11.1 Å². The van der Waals surface area contributed by atoms with Crippen molar-refractivity contribution in [2.75, 3.05) is 7.11 Å². The minimum Gasteiger partial charge on any atom is -0.497 e. The molecule has 0 aliphatic rings. The average molecular weight is 241 g/mol. The zero-order chi connectivity index (χ0) is 13.0. The lowest BCUT2D eigenvalue weighted by molar-refractivity contribution is 0.415. The highest BCUT2D eigenvalue weighted by atomic mass is 19.1. The van der Waals surface area contributed by atoms with E-state index in [0.29, 0.717) is 5.56 Å². The monoisotopic (exact) mass is 241 g/mol. The van der Waals surface area contributed by atoms with Crippen molar-refractivity contribution in [2.45, 2.75) is 6.42 Å². The van der Waals surface area contributed by atoms with Crippen LogP contribution in [0.3, 0.4) is 0 Å². The van der Waals surface area contributed by atoms with E-state index in [1.807, 2.05) is 36.4 Å². The van der Waals surface area contributed by atoms with Gasteiger partial charge in [0.05, 0.1) is 19.6 Å². The Morgan fingerprint density at radius 1 is 1.11 bits per heavy atom. The van der Waals surface area contributed by atoms with Gasteiger partial charge in [-0.05, 0) is 29.3 Å². The van der Waals surface area contributed by atoms with Crippen molar-refractivity contribution in [3.63, 3.8) is 0 Å². The van der Waals surface area contributed by atoms with Crippen LogP contribution in [0.4, 0.5) is 4.39 Å². The number of methoxy groups -OCH3 is 1. The SMILES string of the molecule is COc1ccc(-c2ccc(CC#N)c(F)c2)cc1. The summed E-state index contributed by atoms with van der Waals surface area (Å²) in [4.78, 5) is 0. The second-order valence-electron chi connectivity index (χ2n) is 3.87. The predicted octanol–water partition coefficient (Wildman–Crippen LogP) is 3.57. The third-order valence-corrected chi connectivity index (χ3v) is 2.75. The maximum Gasteiger partial charge on any atom is 0.128 e. The molecule has 0 saturated heterocycles. The van der Waals surface area contributed by atoms with Crippen molar-refractivity contribution in [2.24, 2.45) is 0 Å². The molecule has 0 bridgehead atoms. The van der Waals surface area contributed by atoms with E-state index >= 15 is 0 Å². The molecular formula is C15H12FNO. The van der Waals surface area contributed by atoms with Crippen LogP contribution in [0.5, 0.6) is 5.75 Å². The third kappa shape index (κ3) is 2.49. The first-order valence-electron chi connectivity index (χ1n) is 5.54. The molecule has 0 spiro atoms. The number of rotatable bonds is 3. The summed E-state index contributed by atoms with van der Waals surface area (Å²) in [7, 11) is 1.60. The van der Waals surface area contributed by atoms with E-state index in [4.69, 9.17) is 10.00 Å². The van der Waals surface area contributed by atoms with Crippen molar-refractivity contribution in [1.29, 1.82) is 5.26 Å². The van der Waals surface area contributed by atoms with Gasteiger partial charge in [0.1, 0.15) is 11.6 Å². The maximum absolute atomic E-state index is 13.7. The van der Waals surface area contributed by atoms with E-state index in [1.165, 1.54) is 6.07 Å². The number of nitrogens with zero attached hydrogens (tertiary/aromatic N) is 1. The number of hydrogen-bond donors (Lipinski definition) is 0. The second-order valence-corrected chi connectivity index (χ2v) is 3.87. The molecular weight excluding hydrogens is 229 g/mol. The van der Waals surface area contributed by atoms with Gasteiger partial charge in [0.25, 0.3) is 0 Å². The smallest absolute Gasteiger partial charge is 0.128 e. The Kier molecular flexibility index (Phi) is 3.59. The topological polar surface area (TPSA) is 33.0 Å². The van der Waals surface area contributed by atoms with Gasteiger partial charge >= 0.3 is 0 Å². The molecule has 0 N–H and O–H groups in total. The highest BCUT2D eigenvalue weighted by molar-refractivity contribution is 5.64. The van der Waals surface area contributed by atoms with Gasteiger partial charge in [0, 0.05) is 5.56 Å². The summed E-state index contributed by atoms with van der Waals surface area (Å²) < 4.78 is 18.8. The van der Waals surface area contributed by atoms with Crippen molar-refractivity contribution in [3.8, 4) is 22.9 Å². The summed E-state index contributed by atoms with van der Waals surface area (Å²) in [6.45, 7) is 0. The molecule has 0 amide bonds. The van der Waals surface area contributed by atoms with Crippen LogP contribution < -0.4 is 4.74 Å². The first kappa shape index (κ1) is 12.1. The van der Waals surface area contributed by atoms with Gasteiger partial charge in [-0.15, -0.1) is 0 Å².